The smallest absolute Gasteiger partial charge is 0.0352 e. The lowest BCUT2D eigenvalue weighted by Gasteiger charge is -1.83. The lowest BCUT2D eigenvalue weighted by molar-refractivity contribution is 1.41. The second-order valence-electron chi connectivity index (χ2n) is 2.19. The Morgan fingerprint density at radius 3 is 2.78 bits per heavy atom. The Hall–Kier alpha value is -0.850. The summed E-state index contributed by atoms with van der Waals surface area (Å²) in [7, 11) is 1.82. The SMILES string of the molecule is C=CC1=C(C(C)=NC)C1. The van der Waals surface area contributed by atoms with E-state index in [1.54, 1.807) is 0 Å². The summed E-state index contributed by atoms with van der Waals surface area (Å²) in [6, 6.07) is 0. The van der Waals surface area contributed by atoms with Crippen molar-refractivity contribution in [3.05, 3.63) is 23.8 Å². The summed E-state index contributed by atoms with van der Waals surface area (Å²) in [6.45, 7) is 5.71. The van der Waals surface area contributed by atoms with Gasteiger partial charge in [-0.15, -0.1) is 0 Å². The van der Waals surface area contributed by atoms with E-state index < -0.39 is 0 Å². The maximum absolute atomic E-state index is 4.06. The minimum absolute atomic E-state index is 1.10. The average Bonchev–Trinajstić information content (AvgIpc) is 2.64. The fraction of sp³-hybridized carbons (Fsp3) is 0.375. The second-order valence-corrected chi connectivity index (χ2v) is 2.19. The molecular weight excluding hydrogens is 110 g/mol. The van der Waals surface area contributed by atoms with Crippen LogP contribution in [0.5, 0.6) is 0 Å². The van der Waals surface area contributed by atoms with Crippen LogP contribution in [-0.2, 0) is 0 Å². The van der Waals surface area contributed by atoms with Crippen LogP contribution < -0.4 is 0 Å². The molecule has 0 amide bonds. The Morgan fingerprint density at radius 1 is 1.78 bits per heavy atom. The van der Waals surface area contributed by atoms with Gasteiger partial charge in [-0.2, -0.15) is 0 Å². The molecule has 0 spiro atoms. The van der Waals surface area contributed by atoms with E-state index in [1.165, 1.54) is 11.1 Å². The number of allylic oxidation sites excluding steroid dienone is 3. The number of hydrogen-bond acceptors (Lipinski definition) is 1. The fourth-order valence-electron chi connectivity index (χ4n) is 0.837. The van der Waals surface area contributed by atoms with Gasteiger partial charge in [-0.05, 0) is 24.5 Å². The van der Waals surface area contributed by atoms with Crippen LogP contribution >= 0.6 is 0 Å². The van der Waals surface area contributed by atoms with Crippen LogP contribution in [0.2, 0.25) is 0 Å². The molecule has 1 aliphatic rings. The Balaban J connectivity index is 2.69. The summed E-state index contributed by atoms with van der Waals surface area (Å²) >= 11 is 0. The van der Waals surface area contributed by atoms with Gasteiger partial charge in [0.2, 0.25) is 0 Å². The summed E-state index contributed by atoms with van der Waals surface area (Å²) < 4.78 is 0. The van der Waals surface area contributed by atoms with E-state index in [2.05, 4.69) is 11.6 Å². The first kappa shape index (κ1) is 6.27. The summed E-state index contributed by atoms with van der Waals surface area (Å²) in [4.78, 5) is 4.06. The molecule has 0 heterocycles. The Bertz CT molecular complexity index is 194. The largest absolute Gasteiger partial charge is 0.293 e. The minimum Gasteiger partial charge on any atom is -0.293 e. The molecular formula is C8H11N. The summed E-state index contributed by atoms with van der Waals surface area (Å²) in [6.07, 6.45) is 3.01. The predicted octanol–water partition coefficient (Wildman–Crippen LogP) is 1.96. The Kier molecular flexibility index (Phi) is 1.52. The van der Waals surface area contributed by atoms with E-state index in [1.807, 2.05) is 20.0 Å². The van der Waals surface area contributed by atoms with Crippen molar-refractivity contribution in [3.8, 4) is 0 Å². The zero-order valence-corrected chi connectivity index (χ0v) is 5.94. The van der Waals surface area contributed by atoms with Gasteiger partial charge in [-0.1, -0.05) is 12.7 Å². The van der Waals surface area contributed by atoms with Crippen molar-refractivity contribution < 1.29 is 0 Å². The monoisotopic (exact) mass is 121 g/mol. The van der Waals surface area contributed by atoms with Crippen LogP contribution in [-0.4, -0.2) is 12.8 Å². The van der Waals surface area contributed by atoms with Gasteiger partial charge in [-0.3, -0.25) is 4.99 Å². The van der Waals surface area contributed by atoms with Crippen LogP contribution in [0.4, 0.5) is 0 Å². The van der Waals surface area contributed by atoms with Crippen molar-refractivity contribution in [2.75, 3.05) is 7.05 Å². The van der Waals surface area contributed by atoms with E-state index in [9.17, 15) is 0 Å². The first-order valence-electron chi connectivity index (χ1n) is 3.07. The van der Waals surface area contributed by atoms with Crippen molar-refractivity contribution in [2.45, 2.75) is 13.3 Å². The van der Waals surface area contributed by atoms with Crippen molar-refractivity contribution in [2.24, 2.45) is 4.99 Å². The molecule has 0 atom stereocenters. The van der Waals surface area contributed by atoms with Gasteiger partial charge >= 0.3 is 0 Å². The molecule has 0 bridgehead atoms. The van der Waals surface area contributed by atoms with E-state index in [0.29, 0.717) is 0 Å². The van der Waals surface area contributed by atoms with Gasteiger partial charge in [0, 0.05) is 12.8 Å². The highest BCUT2D eigenvalue weighted by Gasteiger charge is 2.19. The van der Waals surface area contributed by atoms with Crippen molar-refractivity contribution in [1.29, 1.82) is 0 Å². The molecule has 0 unspecified atom stereocenters. The highest BCUT2D eigenvalue weighted by Crippen LogP contribution is 2.32. The van der Waals surface area contributed by atoms with Crippen molar-refractivity contribution >= 4 is 5.71 Å². The highest BCUT2D eigenvalue weighted by atomic mass is 14.7. The molecule has 0 fully saturated rings. The first-order valence-corrected chi connectivity index (χ1v) is 3.07. The lowest BCUT2D eigenvalue weighted by atomic mass is 10.3. The molecule has 0 aromatic rings. The van der Waals surface area contributed by atoms with Crippen LogP contribution in [0.25, 0.3) is 0 Å². The van der Waals surface area contributed by atoms with E-state index in [0.717, 1.165) is 12.1 Å². The summed E-state index contributed by atoms with van der Waals surface area (Å²) in [5.41, 5.74) is 3.90. The van der Waals surface area contributed by atoms with Gasteiger partial charge in [0.15, 0.2) is 0 Å². The molecule has 0 saturated carbocycles. The molecule has 0 aromatic heterocycles. The second kappa shape index (κ2) is 2.18. The quantitative estimate of drug-likeness (QED) is 0.495. The number of hydrogen-bond donors (Lipinski definition) is 0. The van der Waals surface area contributed by atoms with Gasteiger partial charge < -0.3 is 0 Å². The zero-order valence-electron chi connectivity index (χ0n) is 5.94. The van der Waals surface area contributed by atoms with E-state index in [4.69, 9.17) is 0 Å². The van der Waals surface area contributed by atoms with E-state index >= 15 is 0 Å². The predicted molar refractivity (Wildman–Crippen MR) is 40.9 cm³/mol. The standard InChI is InChI=1S/C8H11N/c1-4-7-5-8(7)6(2)9-3/h4H,1,5H2,2-3H3. The van der Waals surface area contributed by atoms with Crippen molar-refractivity contribution in [1.82, 2.24) is 0 Å². The molecule has 9 heavy (non-hydrogen) atoms. The molecule has 1 nitrogen and oxygen atoms in total. The van der Waals surface area contributed by atoms with Gasteiger partial charge in [0.05, 0.1) is 0 Å². The molecule has 1 heteroatoms. The molecule has 0 aromatic carbocycles. The summed E-state index contributed by atoms with van der Waals surface area (Å²) in [5, 5.41) is 0. The van der Waals surface area contributed by atoms with Crippen LogP contribution in [0.1, 0.15) is 13.3 Å². The molecule has 1 rings (SSSR count). The third kappa shape index (κ3) is 1.10. The fourth-order valence-corrected chi connectivity index (χ4v) is 0.837. The highest BCUT2D eigenvalue weighted by molar-refractivity contribution is 6.03. The summed E-state index contributed by atoms with van der Waals surface area (Å²) in [5.74, 6) is 0. The topological polar surface area (TPSA) is 12.4 Å². The molecule has 1 aliphatic carbocycles. The number of rotatable bonds is 2. The number of aliphatic imine (C=N–C) groups is 1. The lowest BCUT2D eigenvalue weighted by Crippen LogP contribution is -1.83. The van der Waals surface area contributed by atoms with E-state index in [-0.39, 0.29) is 0 Å². The normalized spacial score (nSPS) is 18.2. The Morgan fingerprint density at radius 2 is 2.44 bits per heavy atom. The Labute approximate surface area is 55.8 Å². The molecule has 0 aliphatic heterocycles. The minimum atomic E-state index is 1.10. The van der Waals surface area contributed by atoms with Gasteiger partial charge in [-0.25, -0.2) is 0 Å². The van der Waals surface area contributed by atoms with Gasteiger partial charge in [0.25, 0.3) is 0 Å². The third-order valence-electron chi connectivity index (χ3n) is 1.65. The van der Waals surface area contributed by atoms with Gasteiger partial charge in [0.1, 0.15) is 0 Å². The van der Waals surface area contributed by atoms with Crippen molar-refractivity contribution in [3.63, 3.8) is 0 Å². The number of nitrogens with zero attached hydrogens (tertiary/aromatic N) is 1. The first-order chi connectivity index (χ1) is 4.29. The zero-order chi connectivity index (χ0) is 6.85. The maximum Gasteiger partial charge on any atom is 0.0352 e. The third-order valence-corrected chi connectivity index (χ3v) is 1.65. The van der Waals surface area contributed by atoms with Crippen LogP contribution in [0.3, 0.4) is 0 Å². The molecule has 48 valence electrons. The molecule has 0 saturated heterocycles. The van der Waals surface area contributed by atoms with Crippen LogP contribution in [0.15, 0.2) is 28.8 Å². The van der Waals surface area contributed by atoms with Crippen LogP contribution in [0, 0.1) is 0 Å². The maximum atomic E-state index is 4.06. The molecule has 0 N–H and O–H groups in total. The average molecular weight is 121 g/mol. The molecule has 0 radical (unpaired) electrons.